The molecule has 0 saturated heterocycles. The maximum absolute atomic E-state index is 6.25. The number of benzene rings is 1. The van der Waals surface area contributed by atoms with Gasteiger partial charge in [-0.1, -0.05) is 40.5 Å². The van der Waals surface area contributed by atoms with Crippen LogP contribution < -0.4 is 5.73 Å². The molecule has 1 heterocycles. The SMILES string of the molecule is CCCn1ncnc1CC(N)c1ccc(Cl)cc1Br. The van der Waals surface area contributed by atoms with Crippen molar-refractivity contribution < 1.29 is 0 Å². The van der Waals surface area contributed by atoms with Crippen molar-refractivity contribution in [3.05, 3.63) is 45.4 Å². The van der Waals surface area contributed by atoms with Gasteiger partial charge in [-0.2, -0.15) is 5.10 Å². The fourth-order valence-electron chi connectivity index (χ4n) is 1.95. The van der Waals surface area contributed by atoms with Crippen LogP contribution in [0.5, 0.6) is 0 Å². The number of hydrogen-bond acceptors (Lipinski definition) is 3. The average Bonchev–Trinajstić information content (AvgIpc) is 2.77. The lowest BCUT2D eigenvalue weighted by atomic mass is 10.0. The summed E-state index contributed by atoms with van der Waals surface area (Å²) < 4.78 is 2.83. The van der Waals surface area contributed by atoms with Gasteiger partial charge in [0.1, 0.15) is 12.2 Å². The number of aromatic nitrogens is 3. The predicted octanol–water partition coefficient (Wildman–Crippen LogP) is 3.35. The first kappa shape index (κ1) is 14.5. The van der Waals surface area contributed by atoms with E-state index in [1.165, 1.54) is 0 Å². The van der Waals surface area contributed by atoms with E-state index < -0.39 is 0 Å². The minimum absolute atomic E-state index is 0.133. The molecule has 0 spiro atoms. The van der Waals surface area contributed by atoms with Gasteiger partial charge in [0.2, 0.25) is 0 Å². The van der Waals surface area contributed by atoms with Crippen molar-refractivity contribution in [2.45, 2.75) is 32.4 Å². The Morgan fingerprint density at radius 3 is 2.95 bits per heavy atom. The Morgan fingerprint density at radius 2 is 2.26 bits per heavy atom. The largest absolute Gasteiger partial charge is 0.324 e. The van der Waals surface area contributed by atoms with E-state index in [9.17, 15) is 0 Å². The van der Waals surface area contributed by atoms with Crippen molar-refractivity contribution in [3.8, 4) is 0 Å². The predicted molar refractivity (Wildman–Crippen MR) is 80.1 cm³/mol. The molecular weight excluding hydrogens is 328 g/mol. The number of halogens is 2. The van der Waals surface area contributed by atoms with E-state index >= 15 is 0 Å². The first-order valence-electron chi connectivity index (χ1n) is 6.19. The van der Waals surface area contributed by atoms with Crippen molar-refractivity contribution >= 4 is 27.5 Å². The van der Waals surface area contributed by atoms with Gasteiger partial charge in [-0.3, -0.25) is 4.68 Å². The van der Waals surface area contributed by atoms with Gasteiger partial charge >= 0.3 is 0 Å². The minimum Gasteiger partial charge on any atom is -0.324 e. The summed E-state index contributed by atoms with van der Waals surface area (Å²) in [6, 6.07) is 5.51. The summed E-state index contributed by atoms with van der Waals surface area (Å²) in [5, 5.41) is 4.90. The standard InChI is InChI=1S/C13H16BrClN4/c1-2-5-19-13(17-8-18-19)7-12(16)10-4-3-9(15)6-11(10)14/h3-4,6,8,12H,2,5,7,16H2,1H3. The molecule has 2 N–H and O–H groups in total. The van der Waals surface area contributed by atoms with Gasteiger partial charge in [0.05, 0.1) is 0 Å². The zero-order chi connectivity index (χ0) is 13.8. The Kier molecular flexibility index (Phi) is 4.96. The molecule has 1 atom stereocenters. The van der Waals surface area contributed by atoms with E-state index in [1.54, 1.807) is 6.33 Å². The van der Waals surface area contributed by atoms with E-state index in [0.29, 0.717) is 11.4 Å². The fourth-order valence-corrected chi connectivity index (χ4v) is 2.93. The Bertz CT molecular complexity index is 555. The Morgan fingerprint density at radius 1 is 1.47 bits per heavy atom. The van der Waals surface area contributed by atoms with E-state index in [2.05, 4.69) is 32.9 Å². The number of nitrogens with zero attached hydrogens (tertiary/aromatic N) is 3. The van der Waals surface area contributed by atoms with Gasteiger partial charge in [-0.25, -0.2) is 4.98 Å². The van der Waals surface area contributed by atoms with Crippen LogP contribution >= 0.6 is 27.5 Å². The maximum atomic E-state index is 6.25. The normalized spacial score (nSPS) is 12.6. The van der Waals surface area contributed by atoms with Crippen LogP contribution in [0.4, 0.5) is 0 Å². The summed E-state index contributed by atoms with van der Waals surface area (Å²) in [5.74, 6) is 0.913. The average molecular weight is 344 g/mol. The highest BCUT2D eigenvalue weighted by Crippen LogP contribution is 2.27. The summed E-state index contributed by atoms with van der Waals surface area (Å²) in [6.45, 7) is 2.98. The zero-order valence-electron chi connectivity index (χ0n) is 10.7. The smallest absolute Gasteiger partial charge is 0.138 e. The Balaban J connectivity index is 2.16. The molecule has 2 aromatic rings. The van der Waals surface area contributed by atoms with Gasteiger partial charge in [-0.05, 0) is 24.1 Å². The highest BCUT2D eigenvalue weighted by Gasteiger charge is 2.14. The van der Waals surface area contributed by atoms with Gasteiger partial charge in [0.25, 0.3) is 0 Å². The van der Waals surface area contributed by atoms with Crippen LogP contribution in [0.2, 0.25) is 5.02 Å². The molecule has 0 aliphatic carbocycles. The Labute approximate surface area is 126 Å². The molecule has 19 heavy (non-hydrogen) atoms. The monoisotopic (exact) mass is 342 g/mol. The first-order chi connectivity index (χ1) is 9.11. The minimum atomic E-state index is -0.133. The van der Waals surface area contributed by atoms with E-state index in [-0.39, 0.29) is 6.04 Å². The molecule has 6 heteroatoms. The molecule has 2 rings (SSSR count). The van der Waals surface area contributed by atoms with E-state index in [1.807, 2.05) is 22.9 Å². The van der Waals surface area contributed by atoms with Gasteiger partial charge in [0.15, 0.2) is 0 Å². The lowest BCUT2D eigenvalue weighted by Crippen LogP contribution is -2.17. The molecule has 0 amide bonds. The third kappa shape index (κ3) is 3.55. The lowest BCUT2D eigenvalue weighted by molar-refractivity contribution is 0.547. The second-order valence-electron chi connectivity index (χ2n) is 4.38. The zero-order valence-corrected chi connectivity index (χ0v) is 13.0. The second-order valence-corrected chi connectivity index (χ2v) is 5.67. The van der Waals surface area contributed by atoms with Gasteiger partial charge < -0.3 is 5.73 Å². The summed E-state index contributed by atoms with van der Waals surface area (Å²) in [5.41, 5.74) is 7.27. The number of nitrogens with two attached hydrogens (primary N) is 1. The van der Waals surface area contributed by atoms with Crippen LogP contribution in [0.1, 0.15) is 30.8 Å². The van der Waals surface area contributed by atoms with E-state index in [4.69, 9.17) is 17.3 Å². The molecule has 1 aromatic heterocycles. The number of hydrogen-bond donors (Lipinski definition) is 1. The third-order valence-corrected chi connectivity index (χ3v) is 3.82. The maximum Gasteiger partial charge on any atom is 0.138 e. The highest BCUT2D eigenvalue weighted by molar-refractivity contribution is 9.10. The topological polar surface area (TPSA) is 56.7 Å². The summed E-state index contributed by atoms with van der Waals surface area (Å²) in [7, 11) is 0. The molecule has 0 aliphatic rings. The molecule has 1 aromatic carbocycles. The van der Waals surface area contributed by atoms with Crippen molar-refractivity contribution in [1.82, 2.24) is 14.8 Å². The fraction of sp³-hybridized carbons (Fsp3) is 0.385. The molecule has 4 nitrogen and oxygen atoms in total. The van der Waals surface area contributed by atoms with Gasteiger partial charge in [-0.15, -0.1) is 0 Å². The first-order valence-corrected chi connectivity index (χ1v) is 7.36. The van der Waals surface area contributed by atoms with Crippen LogP contribution in [-0.4, -0.2) is 14.8 Å². The molecule has 1 unspecified atom stereocenters. The third-order valence-electron chi connectivity index (χ3n) is 2.90. The van der Waals surface area contributed by atoms with Crippen LogP contribution in [0.25, 0.3) is 0 Å². The van der Waals surface area contributed by atoms with Crippen molar-refractivity contribution in [2.24, 2.45) is 5.73 Å². The van der Waals surface area contributed by atoms with Gasteiger partial charge in [0, 0.05) is 28.5 Å². The van der Waals surface area contributed by atoms with Crippen molar-refractivity contribution in [2.75, 3.05) is 0 Å². The lowest BCUT2D eigenvalue weighted by Gasteiger charge is -2.14. The van der Waals surface area contributed by atoms with Crippen LogP contribution in [0.3, 0.4) is 0 Å². The van der Waals surface area contributed by atoms with Crippen LogP contribution in [0, 0.1) is 0 Å². The molecule has 0 aliphatic heterocycles. The summed E-state index contributed by atoms with van der Waals surface area (Å²) in [4.78, 5) is 4.28. The molecular formula is C13H16BrClN4. The second kappa shape index (κ2) is 6.50. The van der Waals surface area contributed by atoms with Crippen LogP contribution in [-0.2, 0) is 13.0 Å². The highest BCUT2D eigenvalue weighted by atomic mass is 79.9. The molecule has 0 saturated carbocycles. The molecule has 0 fully saturated rings. The molecule has 0 radical (unpaired) electrons. The van der Waals surface area contributed by atoms with Crippen molar-refractivity contribution in [3.63, 3.8) is 0 Å². The molecule has 0 bridgehead atoms. The quantitative estimate of drug-likeness (QED) is 0.906. The van der Waals surface area contributed by atoms with Crippen LogP contribution in [0.15, 0.2) is 29.0 Å². The molecule has 102 valence electrons. The summed E-state index contributed by atoms with van der Waals surface area (Å²) >= 11 is 9.43. The number of aryl methyl sites for hydroxylation is 1. The Hall–Kier alpha value is -0.910. The summed E-state index contributed by atoms with van der Waals surface area (Å²) in [6.07, 6.45) is 3.26. The van der Waals surface area contributed by atoms with E-state index in [0.717, 1.165) is 28.8 Å². The number of rotatable bonds is 5. The van der Waals surface area contributed by atoms with Crippen molar-refractivity contribution in [1.29, 1.82) is 0 Å².